The minimum absolute atomic E-state index is 0.0684. The molecule has 1 atom stereocenters. The third kappa shape index (κ3) is 6.54. The quantitative estimate of drug-likeness (QED) is 0.102. The number of hydrazone groups is 1. The number of anilines is 1. The molecule has 7 nitrogen and oxygen atoms in total. The van der Waals surface area contributed by atoms with Crippen molar-refractivity contribution in [3.8, 4) is 0 Å². The Morgan fingerprint density at radius 2 is 1.84 bits per heavy atom. The fraction of sp³-hybridized carbons (Fsp3) is 0.259. The van der Waals surface area contributed by atoms with Crippen LogP contribution in [0.3, 0.4) is 0 Å². The first-order chi connectivity index (χ1) is 18.2. The number of urea groups is 1. The van der Waals surface area contributed by atoms with Gasteiger partial charge in [0.15, 0.2) is 0 Å². The predicted octanol–water partition coefficient (Wildman–Crippen LogP) is 8.51. The van der Waals surface area contributed by atoms with Crippen LogP contribution < -0.4 is 4.31 Å². The summed E-state index contributed by atoms with van der Waals surface area (Å²) in [4.78, 5) is 25.7. The lowest BCUT2D eigenvalue weighted by Crippen LogP contribution is -2.39. The Labute approximate surface area is 244 Å². The standard InChI is InChI=1S/C27H26BrClN4O3S2/c1-27(16-5-17-37-2)18-31(30-25(27)19-8-12-21(29)13-9-19)26(34)32(22-14-10-20(28)11-15-22)38-24-7-4-3-6-23(24)33(35)36/h3-4,6-15H,5,16-18H2,1-2H3. The molecule has 0 N–H and O–H groups in total. The van der Waals surface area contributed by atoms with Crippen molar-refractivity contribution < 1.29 is 9.72 Å². The van der Waals surface area contributed by atoms with E-state index >= 15 is 0 Å². The van der Waals surface area contributed by atoms with Gasteiger partial charge in [0.05, 0.1) is 22.9 Å². The van der Waals surface area contributed by atoms with E-state index in [9.17, 15) is 14.9 Å². The average molecular weight is 634 g/mol. The third-order valence-corrected chi connectivity index (χ3v) is 8.76. The molecule has 1 aliphatic heterocycles. The van der Waals surface area contributed by atoms with E-state index < -0.39 is 4.92 Å². The third-order valence-electron chi connectivity index (χ3n) is 6.19. The van der Waals surface area contributed by atoms with Crippen LogP contribution in [-0.4, -0.2) is 40.2 Å². The van der Waals surface area contributed by atoms with Gasteiger partial charge in [-0.15, -0.1) is 0 Å². The average Bonchev–Trinajstić information content (AvgIpc) is 3.25. The number of nitro benzene ring substituents is 1. The largest absolute Gasteiger partial charge is 0.355 e. The van der Waals surface area contributed by atoms with Crippen LogP contribution in [0.2, 0.25) is 5.02 Å². The Balaban J connectivity index is 1.72. The van der Waals surface area contributed by atoms with E-state index in [0.29, 0.717) is 22.2 Å². The lowest BCUT2D eigenvalue weighted by molar-refractivity contribution is -0.387. The molecule has 1 unspecified atom stereocenters. The smallest absolute Gasteiger partial charge is 0.258 e. The fourth-order valence-electron chi connectivity index (χ4n) is 4.28. The molecule has 0 radical (unpaired) electrons. The highest BCUT2D eigenvalue weighted by Gasteiger charge is 2.42. The van der Waals surface area contributed by atoms with Gasteiger partial charge in [-0.1, -0.05) is 58.7 Å². The second-order valence-corrected chi connectivity index (χ2v) is 12.4. The minimum Gasteiger partial charge on any atom is -0.258 e. The summed E-state index contributed by atoms with van der Waals surface area (Å²) in [5.74, 6) is 1.01. The molecule has 38 heavy (non-hydrogen) atoms. The molecule has 3 aromatic rings. The van der Waals surface area contributed by atoms with Gasteiger partial charge in [0.25, 0.3) is 5.69 Å². The number of hydrogen-bond acceptors (Lipinski definition) is 6. The van der Waals surface area contributed by atoms with Crippen molar-refractivity contribution in [3.05, 3.63) is 98.0 Å². The maximum Gasteiger partial charge on any atom is 0.355 e. The van der Waals surface area contributed by atoms with Crippen molar-refractivity contribution in [1.29, 1.82) is 0 Å². The van der Waals surface area contributed by atoms with Gasteiger partial charge in [0.1, 0.15) is 4.90 Å². The Bertz CT molecular complexity index is 1340. The number of carbonyl (C=O) groups excluding carboxylic acids is 1. The van der Waals surface area contributed by atoms with Crippen molar-refractivity contribution in [2.75, 3.05) is 22.9 Å². The van der Waals surface area contributed by atoms with Crippen LogP contribution in [0.4, 0.5) is 16.2 Å². The number of amides is 2. The van der Waals surface area contributed by atoms with Gasteiger partial charge in [-0.25, -0.2) is 14.1 Å². The Kier molecular flexibility index (Phi) is 9.40. The first-order valence-corrected chi connectivity index (χ1v) is 15.2. The van der Waals surface area contributed by atoms with Gasteiger partial charge in [-0.05, 0) is 72.9 Å². The first-order valence-electron chi connectivity index (χ1n) is 11.8. The summed E-state index contributed by atoms with van der Waals surface area (Å²) < 4.78 is 2.32. The Morgan fingerprint density at radius 1 is 1.16 bits per heavy atom. The fourth-order valence-corrected chi connectivity index (χ4v) is 6.07. The van der Waals surface area contributed by atoms with Gasteiger partial charge in [-0.3, -0.25) is 10.1 Å². The molecule has 0 bridgehead atoms. The van der Waals surface area contributed by atoms with Gasteiger partial charge in [0.2, 0.25) is 0 Å². The maximum atomic E-state index is 14.1. The maximum absolute atomic E-state index is 14.1. The molecule has 11 heteroatoms. The Hall–Kier alpha value is -2.53. The molecule has 0 fully saturated rings. The number of carbonyl (C=O) groups is 1. The lowest BCUT2D eigenvalue weighted by atomic mass is 9.78. The van der Waals surface area contributed by atoms with Crippen LogP contribution in [0.15, 0.2) is 87.3 Å². The van der Waals surface area contributed by atoms with Gasteiger partial charge < -0.3 is 0 Å². The summed E-state index contributed by atoms with van der Waals surface area (Å²) in [7, 11) is 0. The van der Waals surface area contributed by atoms with Crippen molar-refractivity contribution in [2.24, 2.45) is 10.5 Å². The summed E-state index contributed by atoms with van der Waals surface area (Å²) in [6.07, 6.45) is 3.92. The van der Waals surface area contributed by atoms with Crippen LogP contribution in [0.5, 0.6) is 0 Å². The molecule has 1 heterocycles. The van der Waals surface area contributed by atoms with Crippen molar-refractivity contribution >= 4 is 74.4 Å². The number of para-hydroxylation sites is 1. The summed E-state index contributed by atoms with van der Waals surface area (Å²) >= 11 is 12.4. The first kappa shape index (κ1) is 28.5. The van der Waals surface area contributed by atoms with Crippen LogP contribution in [0.25, 0.3) is 0 Å². The molecule has 1 aliphatic rings. The summed E-state index contributed by atoms with van der Waals surface area (Å²) in [5.41, 5.74) is 1.89. The number of halogens is 2. The van der Waals surface area contributed by atoms with Crippen LogP contribution in [0.1, 0.15) is 25.3 Å². The number of thioether (sulfide) groups is 1. The number of nitro groups is 1. The van der Waals surface area contributed by atoms with Crippen LogP contribution in [0, 0.1) is 15.5 Å². The molecule has 4 rings (SSSR count). The molecule has 0 saturated carbocycles. The molecule has 0 saturated heterocycles. The van der Waals surface area contributed by atoms with E-state index in [0.717, 1.165) is 46.3 Å². The number of benzene rings is 3. The zero-order valence-electron chi connectivity index (χ0n) is 20.8. The van der Waals surface area contributed by atoms with E-state index in [-0.39, 0.29) is 17.1 Å². The Morgan fingerprint density at radius 3 is 2.50 bits per heavy atom. The zero-order chi connectivity index (χ0) is 27.3. The van der Waals surface area contributed by atoms with E-state index in [4.69, 9.17) is 16.7 Å². The summed E-state index contributed by atoms with van der Waals surface area (Å²) in [6, 6.07) is 20.8. The van der Waals surface area contributed by atoms with Gasteiger partial charge in [0, 0.05) is 32.9 Å². The van der Waals surface area contributed by atoms with Crippen molar-refractivity contribution in [2.45, 2.75) is 24.7 Å². The molecule has 3 aromatic carbocycles. The molecule has 2 amide bonds. The van der Waals surface area contributed by atoms with Gasteiger partial charge in [-0.2, -0.15) is 16.9 Å². The normalized spacial score (nSPS) is 16.8. The second kappa shape index (κ2) is 12.5. The molecule has 0 aliphatic carbocycles. The molecular weight excluding hydrogens is 608 g/mol. The van der Waals surface area contributed by atoms with Crippen LogP contribution in [-0.2, 0) is 0 Å². The second-order valence-electron chi connectivity index (χ2n) is 9.04. The SMILES string of the molecule is CSCCCC1(C)CN(C(=O)N(Sc2ccccc2[N+](=O)[O-])c2ccc(Br)cc2)N=C1c1ccc(Cl)cc1. The highest BCUT2D eigenvalue weighted by molar-refractivity contribution is 9.10. The molecule has 0 aromatic heterocycles. The highest BCUT2D eigenvalue weighted by atomic mass is 79.9. The highest BCUT2D eigenvalue weighted by Crippen LogP contribution is 2.40. The van der Waals surface area contributed by atoms with Crippen LogP contribution >= 0.6 is 51.2 Å². The van der Waals surface area contributed by atoms with E-state index in [1.807, 2.05) is 36.4 Å². The number of hydrogen-bond donors (Lipinski definition) is 0. The minimum atomic E-state index is -0.442. The topological polar surface area (TPSA) is 79.0 Å². The predicted molar refractivity (Wildman–Crippen MR) is 161 cm³/mol. The monoisotopic (exact) mass is 632 g/mol. The van der Waals surface area contributed by atoms with E-state index in [1.165, 1.54) is 15.4 Å². The molecule has 0 spiro atoms. The lowest BCUT2D eigenvalue weighted by Gasteiger charge is -2.28. The van der Waals surface area contributed by atoms with Gasteiger partial charge >= 0.3 is 6.03 Å². The zero-order valence-corrected chi connectivity index (χ0v) is 24.8. The van der Waals surface area contributed by atoms with Crippen molar-refractivity contribution in [3.63, 3.8) is 0 Å². The number of rotatable bonds is 9. The summed E-state index contributed by atoms with van der Waals surface area (Å²) in [6.45, 7) is 2.52. The van der Waals surface area contributed by atoms with E-state index in [1.54, 1.807) is 42.1 Å². The van der Waals surface area contributed by atoms with E-state index in [2.05, 4.69) is 29.1 Å². The molecular formula is C27H26BrClN4O3S2. The molecule has 198 valence electrons. The number of nitrogens with zero attached hydrogens (tertiary/aromatic N) is 4. The summed E-state index contributed by atoms with van der Waals surface area (Å²) in [5, 5.41) is 18.6. The van der Waals surface area contributed by atoms with Crippen molar-refractivity contribution in [1.82, 2.24) is 5.01 Å².